The Labute approximate surface area is 712 Å². The van der Waals surface area contributed by atoms with Crippen LogP contribution in [0.1, 0.15) is 186 Å². The zero-order valence-electron chi connectivity index (χ0n) is 67.7. The van der Waals surface area contributed by atoms with Crippen LogP contribution in [0.2, 0.25) is 0 Å². The fourth-order valence-electron chi connectivity index (χ4n) is 14.7. The third kappa shape index (κ3) is 23.1. The molecular weight excluding hydrogens is 1690 g/mol. The Morgan fingerprint density at radius 3 is 1.20 bits per heavy atom. The average Bonchev–Trinajstić information content (AvgIpc) is 1.65. The molecule has 12 heterocycles. The van der Waals surface area contributed by atoms with Crippen molar-refractivity contribution in [3.8, 4) is 65.9 Å². The summed E-state index contributed by atoms with van der Waals surface area (Å²) in [7, 11) is -3.12. The van der Waals surface area contributed by atoms with Crippen LogP contribution >= 0.6 is 41.8 Å². The number of ether oxygens (including phenoxy) is 3. The maximum Gasteiger partial charge on any atom is 0.275 e. The molecule has 0 spiro atoms. The van der Waals surface area contributed by atoms with Crippen LogP contribution in [0.5, 0.6) is 0 Å². The van der Waals surface area contributed by atoms with E-state index in [1.165, 1.54) is 64.4 Å². The molecule has 3 amide bonds. The number of rotatable bonds is 29. The van der Waals surface area contributed by atoms with Crippen LogP contribution in [0, 0.1) is 47.1 Å². The van der Waals surface area contributed by atoms with E-state index in [0.29, 0.717) is 52.4 Å². The van der Waals surface area contributed by atoms with Crippen molar-refractivity contribution < 1.29 is 83.4 Å². The van der Waals surface area contributed by atoms with Crippen LogP contribution in [-0.2, 0) is 41.9 Å². The zero-order valence-corrected chi connectivity index (χ0v) is 71.0. The van der Waals surface area contributed by atoms with E-state index in [1.54, 1.807) is 67.5 Å². The third-order valence-corrected chi connectivity index (χ3v) is 23.5. The predicted molar refractivity (Wildman–Crippen MR) is 440 cm³/mol. The molecule has 0 radical (unpaired) electrons. The Bertz CT molecular complexity index is 5750. The summed E-state index contributed by atoms with van der Waals surface area (Å²) < 4.78 is 127. The van der Waals surface area contributed by atoms with Crippen LogP contribution in [-0.4, -0.2) is 161 Å². The number of aryl methyl sites for hydroxylation is 1. The lowest BCUT2D eigenvalue weighted by Crippen LogP contribution is -2.25. The number of hydrogen-bond acceptors (Lipinski definition) is 26. The summed E-state index contributed by atoms with van der Waals surface area (Å²) in [5.41, 5.74) is 1.82. The maximum atomic E-state index is 14.8. The van der Waals surface area contributed by atoms with Gasteiger partial charge in [-0.1, -0.05) is 13.8 Å². The van der Waals surface area contributed by atoms with E-state index in [2.05, 4.69) is 81.0 Å². The number of carbonyl (C=O) groups excluding carboxylic acids is 5. The van der Waals surface area contributed by atoms with E-state index in [-0.39, 0.29) is 129 Å². The summed E-state index contributed by atoms with van der Waals surface area (Å²) in [4.78, 5) is 108. The smallest absolute Gasteiger partial charge is 0.275 e. The number of halogens is 6. The minimum Gasteiger partial charge on any atom is -0.756 e. The standard InChI is InChI=1S/C32H37F2N7O4S.C24H26F2N7O6PS.C24H25F2N7O2S/c1-5-45-23-8-6-22(7-9-23)40-16-25(29(39-40)28-24(33)10-11-27(34)38-28)36-30(43)26-17-46-31(37-26)21-14-35-41(15-21)32(44)20(12-18(2)3)13-19(4)42;1-2-38-16-5-3-15(4-6-16)33-11-18(22(31-33)21-17(25)7-8-20(26)30-21)28-23(34)19-12-41-24(29-19)14-9-27-32(10-14)13-39-40(35,36)37;1-3-35-16-6-4-15(5-7-16)33-12-18(22(31-33)21-17(25)8-9-20(26)30-21)28-23(34)19-13-36-24(29-19)14-10-27-32(2)11-14/h10-11,14-18,20,22-23H,5-9,12-13H2,1-4H3,(H,36,43);7-12,15-16H,2-6,13H2,1H3,(H,28,34)(H2,35,36,37);8-13,15-16H,3-7H2,1-2H3,(H,28,34)/p-1/t20-,22?,23?;;/m1../s1. The molecule has 123 heavy (non-hydrogen) atoms. The highest BCUT2D eigenvalue weighted by molar-refractivity contribution is 7.44. The monoisotopic (exact) mass is 1770 g/mol. The second-order valence-electron chi connectivity index (χ2n) is 29.8. The number of thiazole rings is 3. The van der Waals surface area contributed by atoms with E-state index in [4.69, 9.17) is 19.1 Å². The Morgan fingerprint density at radius 1 is 0.504 bits per heavy atom. The van der Waals surface area contributed by atoms with Gasteiger partial charge in [-0.05, 0) is 153 Å². The number of amides is 3. The van der Waals surface area contributed by atoms with Gasteiger partial charge in [-0.25, -0.2) is 52.4 Å². The second kappa shape index (κ2) is 40.5. The van der Waals surface area contributed by atoms with Gasteiger partial charge in [0.05, 0.1) is 72.1 Å². The molecule has 15 rings (SSSR count). The summed E-state index contributed by atoms with van der Waals surface area (Å²) in [5.74, 6) is -7.20. The highest BCUT2D eigenvalue weighted by atomic mass is 32.1. The molecule has 3 aliphatic rings. The molecular formula is C80H87F6N21O12PS3-. The SMILES string of the molecule is CCOC1CCC(n2cc(NC(=O)c3csc(-c4cnn(C(=O)[C@@H](CC(C)=O)CC(C)C)c4)n3)c(-c3nc(F)ccc3F)n2)CC1.CCOC1CCC(n2cc(NC(=O)c3csc(-c4cnn(C)c4)n3)c(-c3nc(F)ccc3F)n2)CC1.CCOC1CCC(n2cc(NC(=O)c3csc(-c4cnn(COP(=O)([O-])O)c4)n3)c(-c3nc(F)ccc3F)n2)CC1. The predicted octanol–water partition coefficient (Wildman–Crippen LogP) is 15.2. The molecule has 12 aromatic heterocycles. The average molecular weight is 1780 g/mol. The fraction of sp³-hybridized carbons (Fsp3) is 0.412. The number of phosphoric ester groups is 1. The number of carbonyl (C=O) groups is 5. The van der Waals surface area contributed by atoms with Crippen molar-refractivity contribution in [1.29, 1.82) is 0 Å². The van der Waals surface area contributed by atoms with Crippen molar-refractivity contribution >= 4 is 88.3 Å². The summed E-state index contributed by atoms with van der Waals surface area (Å²) in [6, 6.07) is 5.68. The van der Waals surface area contributed by atoms with Crippen molar-refractivity contribution in [3.63, 3.8) is 0 Å². The number of nitrogens with one attached hydrogen (secondary N) is 3. The quantitative estimate of drug-likeness (QED) is 0.0192. The van der Waals surface area contributed by atoms with Gasteiger partial charge < -0.3 is 44.7 Å². The van der Waals surface area contributed by atoms with Gasteiger partial charge in [-0.15, -0.1) is 34.0 Å². The number of pyridine rings is 3. The van der Waals surface area contributed by atoms with E-state index in [1.807, 2.05) is 34.6 Å². The molecule has 0 bridgehead atoms. The van der Waals surface area contributed by atoms with Gasteiger partial charge in [-0.2, -0.15) is 43.8 Å². The highest BCUT2D eigenvalue weighted by Gasteiger charge is 2.33. The molecule has 0 saturated heterocycles. The zero-order chi connectivity index (χ0) is 87.3. The molecule has 0 aromatic carbocycles. The number of nitrogens with zero attached hydrogens (tertiary/aromatic N) is 18. The van der Waals surface area contributed by atoms with Crippen molar-refractivity contribution in [2.45, 2.75) is 175 Å². The van der Waals surface area contributed by atoms with E-state index in [0.717, 1.165) is 135 Å². The number of phosphoric acid groups is 1. The Kier molecular flexibility index (Phi) is 29.5. The molecule has 0 aliphatic heterocycles. The first-order valence-electron chi connectivity index (χ1n) is 39.7. The maximum absolute atomic E-state index is 14.8. The van der Waals surface area contributed by atoms with Crippen LogP contribution in [0.3, 0.4) is 0 Å². The minimum atomic E-state index is -4.92. The first-order chi connectivity index (χ1) is 59.0. The van der Waals surface area contributed by atoms with Crippen molar-refractivity contribution in [2.24, 2.45) is 18.9 Å². The second-order valence-corrected chi connectivity index (χ2v) is 33.6. The fourth-order valence-corrected chi connectivity index (χ4v) is 17.2. The summed E-state index contributed by atoms with van der Waals surface area (Å²) in [6.45, 7) is 12.7. The van der Waals surface area contributed by atoms with Crippen molar-refractivity contribution in [2.75, 3.05) is 35.8 Å². The molecule has 3 saturated carbocycles. The minimum absolute atomic E-state index is 0.00837. The van der Waals surface area contributed by atoms with Gasteiger partial charge in [0.2, 0.25) is 23.8 Å². The van der Waals surface area contributed by atoms with Crippen LogP contribution < -0.4 is 20.8 Å². The molecule has 33 nitrogen and oxygen atoms in total. The van der Waals surface area contributed by atoms with Crippen LogP contribution in [0.25, 0.3) is 65.9 Å². The molecule has 3 aliphatic carbocycles. The summed E-state index contributed by atoms with van der Waals surface area (Å²) >= 11 is 3.63. The van der Waals surface area contributed by atoms with Gasteiger partial charge in [0, 0.05) is 109 Å². The molecule has 4 N–H and O–H groups in total. The highest BCUT2D eigenvalue weighted by Crippen LogP contribution is 2.41. The van der Waals surface area contributed by atoms with Crippen LogP contribution in [0.15, 0.2) is 108 Å². The number of aromatic nitrogens is 18. The number of anilines is 3. The van der Waals surface area contributed by atoms with Crippen LogP contribution in [0.4, 0.5) is 43.4 Å². The van der Waals surface area contributed by atoms with Gasteiger partial charge in [0.1, 0.15) is 78.8 Å². The van der Waals surface area contributed by atoms with E-state index >= 15 is 0 Å². The largest absolute Gasteiger partial charge is 0.756 e. The normalized spacial score (nSPS) is 18.0. The van der Waals surface area contributed by atoms with Gasteiger partial charge in [0.15, 0.2) is 17.5 Å². The van der Waals surface area contributed by atoms with Gasteiger partial charge in [-0.3, -0.25) is 47.0 Å². The Balaban J connectivity index is 0.000000160. The molecule has 43 heteroatoms. The van der Waals surface area contributed by atoms with E-state index < -0.39 is 73.5 Å². The van der Waals surface area contributed by atoms with E-state index in [9.17, 15) is 59.8 Å². The molecule has 12 aromatic rings. The summed E-state index contributed by atoms with van der Waals surface area (Å²) in [6.07, 6.45) is 25.2. The molecule has 1 unspecified atom stereocenters. The topological polar surface area (TPSA) is 403 Å². The van der Waals surface area contributed by atoms with Crippen molar-refractivity contribution in [3.05, 3.63) is 161 Å². The molecule has 650 valence electrons. The Hall–Kier alpha value is -11.1. The number of hydrogen-bond donors (Lipinski definition) is 4. The first-order valence-corrected chi connectivity index (χ1v) is 43.8. The lowest BCUT2D eigenvalue weighted by atomic mass is 9.92. The lowest BCUT2D eigenvalue weighted by molar-refractivity contribution is -0.223. The molecule has 2 atom stereocenters. The Morgan fingerprint density at radius 2 is 0.862 bits per heavy atom. The van der Waals surface area contributed by atoms with Gasteiger partial charge in [0.25, 0.3) is 25.5 Å². The summed E-state index contributed by atoms with van der Waals surface area (Å²) in [5, 5.41) is 40.3. The lowest BCUT2D eigenvalue weighted by Gasteiger charge is -2.28. The first kappa shape index (κ1) is 89.7. The number of ketones is 1. The third-order valence-electron chi connectivity index (χ3n) is 20.4. The van der Waals surface area contributed by atoms with Crippen molar-refractivity contribution in [1.82, 2.24) is 88.6 Å². The van der Waals surface area contributed by atoms with Gasteiger partial charge >= 0.3 is 0 Å². The molecule has 3 fully saturated rings. The number of Topliss-reactive ketones (excluding diaryl/α,β-unsaturated/α-hetero) is 1.